The van der Waals surface area contributed by atoms with Crippen LogP contribution in [0.15, 0.2) is 235 Å². The predicted molar refractivity (Wildman–Crippen MR) is 281 cm³/mol. The molecular weight excluding hydrogens is 811 g/mol. The zero-order valence-corrected chi connectivity index (χ0v) is 37.8. The second-order valence-corrected chi connectivity index (χ2v) is 18.7. The van der Waals surface area contributed by atoms with Gasteiger partial charge in [-0.25, -0.2) is 0 Å². The fourth-order valence-electron chi connectivity index (χ4n) is 12.1. The van der Waals surface area contributed by atoms with Gasteiger partial charge in [-0.05, 0) is 133 Å². The molecule has 1 heterocycles. The van der Waals surface area contributed by atoms with Gasteiger partial charge in [0.05, 0.1) is 16.8 Å². The van der Waals surface area contributed by atoms with E-state index >= 15 is 0 Å². The molecular formula is C65H47NO. The van der Waals surface area contributed by atoms with Gasteiger partial charge in [0.2, 0.25) is 0 Å². The van der Waals surface area contributed by atoms with Gasteiger partial charge in [-0.15, -0.1) is 0 Å². The summed E-state index contributed by atoms with van der Waals surface area (Å²) in [6.45, 7) is 11.1. The lowest BCUT2D eigenvalue weighted by molar-refractivity contribution is 0.654. The Morgan fingerprint density at radius 3 is 1.75 bits per heavy atom. The Labute approximate surface area is 392 Å². The molecule has 10 aromatic rings. The van der Waals surface area contributed by atoms with Gasteiger partial charge < -0.3 is 9.32 Å². The molecule has 0 radical (unpaired) electrons. The fraction of sp³-hybridized carbons (Fsp3) is 0.0769. The Hall–Kier alpha value is -8.20. The third-order valence-corrected chi connectivity index (χ3v) is 15.0. The highest BCUT2D eigenvalue weighted by atomic mass is 16.3. The molecule has 1 spiro atoms. The third-order valence-electron chi connectivity index (χ3n) is 15.0. The summed E-state index contributed by atoms with van der Waals surface area (Å²) in [5.41, 5.74) is 23.9. The molecule has 0 atom stereocenters. The van der Waals surface area contributed by atoms with Gasteiger partial charge in [-0.1, -0.05) is 196 Å². The van der Waals surface area contributed by atoms with E-state index in [1.807, 2.05) is 0 Å². The van der Waals surface area contributed by atoms with Crippen molar-refractivity contribution in [3.05, 3.63) is 264 Å². The highest BCUT2D eigenvalue weighted by Crippen LogP contribution is 2.65. The molecule has 318 valence electrons. The van der Waals surface area contributed by atoms with E-state index < -0.39 is 5.41 Å². The first-order valence-corrected chi connectivity index (χ1v) is 23.4. The lowest BCUT2D eigenvalue weighted by Crippen LogP contribution is -2.26. The Balaban J connectivity index is 1.15. The van der Waals surface area contributed by atoms with Gasteiger partial charge in [0, 0.05) is 27.4 Å². The first-order valence-electron chi connectivity index (χ1n) is 23.4. The molecule has 0 saturated carbocycles. The molecule has 0 bridgehead atoms. The molecule has 0 N–H and O–H groups in total. The maximum absolute atomic E-state index is 7.21. The molecule has 0 aliphatic heterocycles. The number of rotatable bonds is 7. The van der Waals surface area contributed by atoms with E-state index in [0.717, 1.165) is 55.7 Å². The van der Waals surface area contributed by atoms with Crippen LogP contribution in [0.2, 0.25) is 0 Å². The minimum absolute atomic E-state index is 0.283. The van der Waals surface area contributed by atoms with Gasteiger partial charge in [0.1, 0.15) is 5.58 Å². The number of allylic oxidation sites excluding steroid dienone is 5. The maximum Gasteiger partial charge on any atom is 0.159 e. The van der Waals surface area contributed by atoms with Crippen molar-refractivity contribution < 1.29 is 4.42 Å². The highest BCUT2D eigenvalue weighted by Gasteiger charge is 2.52. The van der Waals surface area contributed by atoms with Crippen LogP contribution < -0.4 is 4.90 Å². The lowest BCUT2D eigenvalue weighted by Gasteiger charge is -2.32. The van der Waals surface area contributed by atoms with Gasteiger partial charge in [-0.2, -0.15) is 0 Å². The summed E-state index contributed by atoms with van der Waals surface area (Å²) >= 11 is 0. The summed E-state index contributed by atoms with van der Waals surface area (Å²) < 4.78 is 7.21. The number of hydrogen-bond acceptors (Lipinski definition) is 2. The number of anilines is 3. The van der Waals surface area contributed by atoms with Crippen LogP contribution in [-0.2, 0) is 10.8 Å². The normalized spacial score (nSPS) is 14.7. The number of nitrogens with zero attached hydrogens (tertiary/aromatic N) is 1. The second kappa shape index (κ2) is 14.7. The molecule has 0 saturated heterocycles. The third kappa shape index (κ3) is 5.45. The molecule has 67 heavy (non-hydrogen) atoms. The van der Waals surface area contributed by atoms with E-state index in [2.05, 4.69) is 251 Å². The molecule has 3 aliphatic rings. The summed E-state index contributed by atoms with van der Waals surface area (Å²) in [5.74, 6) is 0. The van der Waals surface area contributed by atoms with Crippen LogP contribution >= 0.6 is 0 Å². The monoisotopic (exact) mass is 857 g/mol. The summed E-state index contributed by atoms with van der Waals surface area (Å²) in [5, 5.41) is 2.16. The van der Waals surface area contributed by atoms with Crippen LogP contribution in [0.5, 0.6) is 0 Å². The average molecular weight is 858 g/mol. The molecule has 3 aliphatic carbocycles. The van der Waals surface area contributed by atoms with E-state index in [9.17, 15) is 0 Å². The summed E-state index contributed by atoms with van der Waals surface area (Å²) in [7, 11) is 0. The quantitative estimate of drug-likeness (QED) is 0.159. The average Bonchev–Trinajstić information content (AvgIpc) is 4.06. The highest BCUT2D eigenvalue weighted by molar-refractivity contribution is 6.14. The van der Waals surface area contributed by atoms with Crippen molar-refractivity contribution in [1.29, 1.82) is 0 Å². The van der Waals surface area contributed by atoms with Crippen molar-refractivity contribution in [3.8, 4) is 44.5 Å². The molecule has 0 fully saturated rings. The van der Waals surface area contributed by atoms with E-state index in [4.69, 9.17) is 4.42 Å². The topological polar surface area (TPSA) is 16.4 Å². The number of hydrogen-bond donors (Lipinski definition) is 0. The van der Waals surface area contributed by atoms with E-state index in [1.165, 1.54) is 72.3 Å². The van der Waals surface area contributed by atoms with E-state index in [0.29, 0.717) is 0 Å². The number of benzene rings is 9. The lowest BCUT2D eigenvalue weighted by atomic mass is 9.70. The summed E-state index contributed by atoms with van der Waals surface area (Å²) in [6, 6.07) is 74.0. The maximum atomic E-state index is 7.21. The van der Waals surface area contributed by atoms with Crippen molar-refractivity contribution in [2.24, 2.45) is 0 Å². The zero-order chi connectivity index (χ0) is 45.0. The second-order valence-electron chi connectivity index (χ2n) is 18.7. The first kappa shape index (κ1) is 39.2. The molecule has 13 rings (SSSR count). The van der Waals surface area contributed by atoms with Crippen molar-refractivity contribution in [1.82, 2.24) is 0 Å². The Kier molecular flexibility index (Phi) is 8.57. The van der Waals surface area contributed by atoms with Crippen molar-refractivity contribution in [2.75, 3.05) is 4.90 Å². The van der Waals surface area contributed by atoms with Crippen molar-refractivity contribution >= 4 is 44.6 Å². The standard InChI is InChI=1S/C65H47NO/c1-5-20-46-49-35-34-45(40-58(49)64(3,4)53(46)6-2)66(60-39-44(42-23-11-8-12-24-42)38-52-51-37-43(41-21-9-7-10-22-41)33-36-61(51)67-63(52)60)59-32-19-31-57-62(59)50-27-15-18-30-56(50)65(57)54-28-16-13-25-47(54)48-26-14-17-29-55(48)65/h5-40H,2H2,1,3-4H3/b20-5-. The van der Waals surface area contributed by atoms with Crippen molar-refractivity contribution in [3.63, 3.8) is 0 Å². The van der Waals surface area contributed by atoms with Crippen LogP contribution in [-0.4, -0.2) is 0 Å². The van der Waals surface area contributed by atoms with Crippen LogP contribution in [0, 0.1) is 0 Å². The van der Waals surface area contributed by atoms with Crippen LogP contribution in [0.25, 0.3) is 72.0 Å². The van der Waals surface area contributed by atoms with E-state index in [1.54, 1.807) is 0 Å². The summed E-state index contributed by atoms with van der Waals surface area (Å²) in [6.07, 6.45) is 6.43. The molecule has 0 unspecified atom stereocenters. The minimum atomic E-state index is -0.501. The smallest absolute Gasteiger partial charge is 0.159 e. The Morgan fingerprint density at radius 1 is 0.478 bits per heavy atom. The number of fused-ring (bicyclic) bond motifs is 14. The fourth-order valence-corrected chi connectivity index (χ4v) is 12.1. The Morgan fingerprint density at radius 2 is 1.07 bits per heavy atom. The molecule has 2 nitrogen and oxygen atoms in total. The molecule has 1 aromatic heterocycles. The molecule has 9 aromatic carbocycles. The molecule has 0 amide bonds. The molecule has 2 heteroatoms. The predicted octanol–water partition coefficient (Wildman–Crippen LogP) is 17.5. The van der Waals surface area contributed by atoms with Crippen LogP contribution in [0.3, 0.4) is 0 Å². The van der Waals surface area contributed by atoms with Gasteiger partial charge >= 0.3 is 0 Å². The zero-order valence-electron chi connectivity index (χ0n) is 37.8. The Bertz CT molecular complexity index is 3700. The van der Waals surface area contributed by atoms with E-state index in [-0.39, 0.29) is 5.41 Å². The number of furan rings is 1. The van der Waals surface area contributed by atoms with Crippen LogP contribution in [0.4, 0.5) is 17.1 Å². The van der Waals surface area contributed by atoms with Crippen LogP contribution in [0.1, 0.15) is 54.2 Å². The minimum Gasteiger partial charge on any atom is -0.454 e. The van der Waals surface area contributed by atoms with Gasteiger partial charge in [-0.3, -0.25) is 0 Å². The first-order chi connectivity index (χ1) is 32.9. The van der Waals surface area contributed by atoms with Gasteiger partial charge in [0.15, 0.2) is 5.58 Å². The SMILES string of the molecule is C=CC1=C(/C=C\C)c2ccc(N(c3cccc4c3-c3ccccc3C43c4ccccc4-c4ccccc43)c3cc(-c4ccccc4)cc4c3oc3ccc(-c5ccccc5)cc34)cc2C1(C)C. The largest absolute Gasteiger partial charge is 0.454 e. The van der Waals surface area contributed by atoms with Gasteiger partial charge in [0.25, 0.3) is 0 Å². The summed E-state index contributed by atoms with van der Waals surface area (Å²) in [4.78, 5) is 2.51. The van der Waals surface area contributed by atoms with Crippen molar-refractivity contribution in [2.45, 2.75) is 31.6 Å².